The minimum Gasteiger partial charge on any atom is -0.329 e. The van der Waals surface area contributed by atoms with E-state index in [4.69, 9.17) is 5.41 Å². The molecule has 0 bridgehead atoms. The molecule has 1 aromatic carbocycles. The Labute approximate surface area is 72.9 Å². The van der Waals surface area contributed by atoms with Crippen LogP contribution >= 0.6 is 9.24 Å². The molecule has 2 N–H and O–H groups in total. The van der Waals surface area contributed by atoms with Crippen LogP contribution in [-0.2, 0) is 4.79 Å². The van der Waals surface area contributed by atoms with Gasteiger partial charge in [-0.2, -0.15) is 0 Å². The minimum absolute atomic E-state index is 0.628. The molecule has 0 aliphatic carbocycles. The lowest BCUT2D eigenvalue weighted by Crippen LogP contribution is -2.03. The topological polar surface area (TPSA) is 53.0 Å². The molecule has 4 heteroatoms. The molecule has 0 saturated heterocycles. The zero-order chi connectivity index (χ0) is 8.97. The molecule has 0 aromatic heterocycles. The van der Waals surface area contributed by atoms with Gasteiger partial charge in [-0.15, -0.1) is 9.24 Å². The summed E-state index contributed by atoms with van der Waals surface area (Å²) in [6.45, 7) is 0. The number of hydrogen-bond donors (Lipinski definition) is 2. The molecule has 3 nitrogen and oxygen atoms in total. The molecule has 0 heterocycles. The third-order valence-electron chi connectivity index (χ3n) is 1.47. The summed E-state index contributed by atoms with van der Waals surface area (Å²) in [6, 6.07) is 5.32. The van der Waals surface area contributed by atoms with E-state index in [-0.39, 0.29) is 0 Å². The van der Waals surface area contributed by atoms with Crippen molar-refractivity contribution in [3.8, 4) is 0 Å². The van der Waals surface area contributed by atoms with Gasteiger partial charge in [0, 0.05) is 11.9 Å². The van der Waals surface area contributed by atoms with Crippen molar-refractivity contribution >= 4 is 32.9 Å². The standard InChI is InChI=1S/C8H9N2OP/c9-4-6-1-2-7(10-5-11)3-8(6)12/h1-5,9H,12H2,(H,10,11). The Morgan fingerprint density at radius 2 is 2.25 bits per heavy atom. The first kappa shape index (κ1) is 8.88. The Morgan fingerprint density at radius 1 is 1.50 bits per heavy atom. The Morgan fingerprint density at radius 3 is 2.75 bits per heavy atom. The lowest BCUT2D eigenvalue weighted by molar-refractivity contribution is -0.105. The zero-order valence-corrected chi connectivity index (χ0v) is 7.53. The number of anilines is 1. The zero-order valence-electron chi connectivity index (χ0n) is 6.37. The predicted octanol–water partition coefficient (Wildman–Crippen LogP) is 0.753. The second-order valence-electron chi connectivity index (χ2n) is 2.25. The molecular weight excluding hydrogens is 171 g/mol. The molecule has 0 spiro atoms. The number of hydrogen-bond acceptors (Lipinski definition) is 2. The van der Waals surface area contributed by atoms with E-state index >= 15 is 0 Å². The number of amides is 1. The molecule has 1 atom stereocenters. The normalized spacial score (nSPS) is 9.08. The van der Waals surface area contributed by atoms with E-state index in [1.54, 1.807) is 18.2 Å². The van der Waals surface area contributed by atoms with Crippen molar-refractivity contribution in [2.24, 2.45) is 0 Å². The second kappa shape index (κ2) is 3.98. The fraction of sp³-hybridized carbons (Fsp3) is 0. The molecule has 1 unspecified atom stereocenters. The van der Waals surface area contributed by atoms with Crippen LogP contribution in [0.1, 0.15) is 5.56 Å². The molecule has 0 saturated carbocycles. The van der Waals surface area contributed by atoms with Crippen LogP contribution in [0.2, 0.25) is 0 Å². The molecule has 0 aliphatic rings. The highest BCUT2D eigenvalue weighted by molar-refractivity contribution is 7.27. The lowest BCUT2D eigenvalue weighted by Gasteiger charge is -2.02. The maximum absolute atomic E-state index is 10.1. The molecule has 12 heavy (non-hydrogen) atoms. The van der Waals surface area contributed by atoms with Gasteiger partial charge in [0.05, 0.1) is 0 Å². The van der Waals surface area contributed by atoms with Crippen LogP contribution in [0.25, 0.3) is 0 Å². The minimum atomic E-state index is 0.628. The van der Waals surface area contributed by atoms with Crippen LogP contribution in [0.15, 0.2) is 18.2 Å². The smallest absolute Gasteiger partial charge is 0.211 e. The average Bonchev–Trinajstić information content (AvgIpc) is 2.05. The van der Waals surface area contributed by atoms with Crippen LogP contribution < -0.4 is 10.6 Å². The fourth-order valence-electron chi connectivity index (χ4n) is 0.864. The maximum atomic E-state index is 10.1. The largest absolute Gasteiger partial charge is 0.329 e. The highest BCUT2D eigenvalue weighted by atomic mass is 31.0. The predicted molar refractivity (Wildman–Crippen MR) is 53.4 cm³/mol. The molecule has 0 aliphatic heterocycles. The first-order valence-corrected chi connectivity index (χ1v) is 3.96. The van der Waals surface area contributed by atoms with Crippen molar-refractivity contribution in [1.29, 1.82) is 5.41 Å². The van der Waals surface area contributed by atoms with Crippen molar-refractivity contribution in [1.82, 2.24) is 0 Å². The maximum Gasteiger partial charge on any atom is 0.211 e. The Kier molecular flexibility index (Phi) is 2.94. The highest BCUT2D eigenvalue weighted by Gasteiger charge is 1.95. The Balaban J connectivity index is 3.00. The van der Waals surface area contributed by atoms with E-state index < -0.39 is 0 Å². The Bertz CT molecular complexity index is 312. The monoisotopic (exact) mass is 180 g/mol. The van der Waals surface area contributed by atoms with Gasteiger partial charge in [0.2, 0.25) is 6.41 Å². The van der Waals surface area contributed by atoms with Crippen LogP contribution in [0.3, 0.4) is 0 Å². The van der Waals surface area contributed by atoms with Crippen molar-refractivity contribution in [3.05, 3.63) is 23.8 Å². The summed E-state index contributed by atoms with van der Waals surface area (Å²) in [5.74, 6) is 0. The number of carbonyl (C=O) groups excluding carboxylic acids is 1. The first-order chi connectivity index (χ1) is 5.77. The fourth-order valence-corrected chi connectivity index (χ4v) is 1.22. The van der Waals surface area contributed by atoms with Crippen molar-refractivity contribution in [3.63, 3.8) is 0 Å². The van der Waals surface area contributed by atoms with E-state index in [9.17, 15) is 4.79 Å². The van der Waals surface area contributed by atoms with Gasteiger partial charge in [-0.1, -0.05) is 6.07 Å². The van der Waals surface area contributed by atoms with Gasteiger partial charge in [0.25, 0.3) is 0 Å². The SMILES string of the molecule is N=Cc1ccc(NC=O)cc1P. The van der Waals surface area contributed by atoms with Crippen LogP contribution in [0.4, 0.5) is 5.69 Å². The summed E-state index contributed by atoms with van der Waals surface area (Å²) >= 11 is 0. The summed E-state index contributed by atoms with van der Waals surface area (Å²) in [6.07, 6.45) is 1.90. The van der Waals surface area contributed by atoms with E-state index in [1.807, 2.05) is 0 Å². The second-order valence-corrected chi connectivity index (χ2v) is 2.87. The molecular formula is C8H9N2OP. The summed E-state index contributed by atoms with van der Waals surface area (Å²) in [5, 5.41) is 10.5. The number of nitrogens with one attached hydrogen (secondary N) is 2. The summed E-state index contributed by atoms with van der Waals surface area (Å²) < 4.78 is 0. The molecule has 0 radical (unpaired) electrons. The third-order valence-corrected chi connectivity index (χ3v) is 1.97. The molecule has 1 amide bonds. The van der Waals surface area contributed by atoms with Gasteiger partial charge in [0.1, 0.15) is 0 Å². The van der Waals surface area contributed by atoms with Gasteiger partial charge in [-0.05, 0) is 23.0 Å². The van der Waals surface area contributed by atoms with Crippen LogP contribution in [0.5, 0.6) is 0 Å². The van der Waals surface area contributed by atoms with Crippen molar-refractivity contribution < 1.29 is 4.79 Å². The first-order valence-electron chi connectivity index (χ1n) is 3.38. The lowest BCUT2D eigenvalue weighted by atomic mass is 10.2. The van der Waals surface area contributed by atoms with Gasteiger partial charge < -0.3 is 10.7 Å². The van der Waals surface area contributed by atoms with Crippen LogP contribution in [0, 0.1) is 5.41 Å². The van der Waals surface area contributed by atoms with Gasteiger partial charge >= 0.3 is 0 Å². The molecule has 0 fully saturated rings. The summed E-state index contributed by atoms with van der Waals surface area (Å²) in [5.41, 5.74) is 1.57. The van der Waals surface area contributed by atoms with Crippen molar-refractivity contribution in [2.45, 2.75) is 0 Å². The third kappa shape index (κ3) is 1.89. The van der Waals surface area contributed by atoms with E-state index in [2.05, 4.69) is 14.6 Å². The van der Waals surface area contributed by atoms with Gasteiger partial charge in [0.15, 0.2) is 0 Å². The number of rotatable bonds is 3. The highest BCUT2D eigenvalue weighted by Crippen LogP contribution is 2.07. The number of benzene rings is 1. The summed E-state index contributed by atoms with van der Waals surface area (Å²) in [4.78, 5) is 10.1. The molecule has 1 aromatic rings. The quantitative estimate of drug-likeness (QED) is 0.402. The van der Waals surface area contributed by atoms with Gasteiger partial charge in [-0.3, -0.25) is 4.79 Å². The van der Waals surface area contributed by atoms with Crippen LogP contribution in [-0.4, -0.2) is 12.6 Å². The van der Waals surface area contributed by atoms with E-state index in [0.717, 1.165) is 16.6 Å². The Hall–Kier alpha value is -1.21. The summed E-state index contributed by atoms with van der Waals surface area (Å²) in [7, 11) is 2.51. The average molecular weight is 180 g/mol. The van der Waals surface area contributed by atoms with Crippen molar-refractivity contribution in [2.75, 3.05) is 5.32 Å². The van der Waals surface area contributed by atoms with Gasteiger partial charge in [-0.25, -0.2) is 0 Å². The molecule has 1 rings (SSSR count). The number of carbonyl (C=O) groups is 1. The van der Waals surface area contributed by atoms with E-state index in [1.165, 1.54) is 6.21 Å². The molecule has 62 valence electrons. The van der Waals surface area contributed by atoms with E-state index in [0.29, 0.717) is 6.41 Å².